The van der Waals surface area contributed by atoms with Crippen LogP contribution in [0.15, 0.2) is 12.4 Å². The highest BCUT2D eigenvalue weighted by molar-refractivity contribution is 6.28. The predicted octanol–water partition coefficient (Wildman–Crippen LogP) is 4.70. The average Bonchev–Trinajstić information content (AvgIpc) is 2.93. The van der Waals surface area contributed by atoms with Gasteiger partial charge in [-0.1, -0.05) is 13.8 Å². The van der Waals surface area contributed by atoms with Crippen molar-refractivity contribution in [2.24, 2.45) is 0 Å². The van der Waals surface area contributed by atoms with E-state index >= 15 is 0 Å². The normalized spacial score (nSPS) is 18.3. The second-order valence-corrected chi connectivity index (χ2v) is 6.82. The van der Waals surface area contributed by atoms with E-state index in [2.05, 4.69) is 41.5 Å². The van der Waals surface area contributed by atoms with Gasteiger partial charge in [0.05, 0.1) is 12.1 Å². The summed E-state index contributed by atoms with van der Waals surface area (Å²) in [6.45, 7) is 11.7. The molecule has 0 radical (unpaired) electrons. The Morgan fingerprint density at radius 3 is 2.79 bits per heavy atom. The smallest absolute Gasteiger partial charge is 0.224 e. The monoisotopic (exact) mass is 353 g/mol. The molecule has 2 aromatic rings. The minimum atomic E-state index is -0.245. The second-order valence-electron chi connectivity index (χ2n) is 6.48. The van der Waals surface area contributed by atoms with E-state index in [4.69, 9.17) is 21.1 Å². The minimum absolute atomic E-state index is 0.0887. The summed E-state index contributed by atoms with van der Waals surface area (Å²) in [4.78, 5) is 8.46. The average molecular weight is 354 g/mol. The van der Waals surface area contributed by atoms with Crippen LogP contribution in [0.4, 0.5) is 0 Å². The largest absolute Gasteiger partial charge is 0.353 e. The first-order chi connectivity index (χ1) is 11.5. The number of hydrogen-bond donors (Lipinski definition) is 0. The van der Waals surface area contributed by atoms with Gasteiger partial charge in [-0.3, -0.25) is 0 Å². The van der Waals surface area contributed by atoms with Crippen LogP contribution in [-0.4, -0.2) is 34.0 Å². The SMILES string of the molecule is CC.Cc1cn(C(C)(C)COC2CCCCO2)c2nc(Cl)ncc12. The van der Waals surface area contributed by atoms with Gasteiger partial charge in [-0.25, -0.2) is 4.98 Å². The van der Waals surface area contributed by atoms with Crippen molar-refractivity contribution in [3.05, 3.63) is 23.2 Å². The first-order valence-corrected chi connectivity index (χ1v) is 9.09. The maximum atomic E-state index is 5.97. The summed E-state index contributed by atoms with van der Waals surface area (Å²) in [5.41, 5.74) is 1.73. The molecule has 1 saturated heterocycles. The zero-order chi connectivity index (χ0) is 17.7. The van der Waals surface area contributed by atoms with Gasteiger partial charge in [0.25, 0.3) is 0 Å². The van der Waals surface area contributed by atoms with Crippen LogP contribution in [-0.2, 0) is 15.0 Å². The third-order valence-electron chi connectivity index (χ3n) is 4.13. The molecule has 5 nitrogen and oxygen atoms in total. The number of fused-ring (bicyclic) bond motifs is 1. The fourth-order valence-corrected chi connectivity index (χ4v) is 2.94. The molecule has 1 atom stereocenters. The summed E-state index contributed by atoms with van der Waals surface area (Å²) in [6, 6.07) is 0. The van der Waals surface area contributed by atoms with Crippen LogP contribution in [0.5, 0.6) is 0 Å². The Morgan fingerprint density at radius 1 is 1.38 bits per heavy atom. The Morgan fingerprint density at radius 2 is 2.12 bits per heavy atom. The number of ether oxygens (including phenoxy) is 2. The zero-order valence-electron chi connectivity index (χ0n) is 15.3. The van der Waals surface area contributed by atoms with Gasteiger partial charge >= 0.3 is 0 Å². The lowest BCUT2D eigenvalue weighted by Crippen LogP contribution is -2.35. The summed E-state index contributed by atoms with van der Waals surface area (Å²) in [5.74, 6) is 0. The number of halogens is 1. The summed E-state index contributed by atoms with van der Waals surface area (Å²) < 4.78 is 13.7. The molecule has 1 unspecified atom stereocenters. The molecule has 0 spiro atoms. The molecule has 0 aromatic carbocycles. The highest BCUT2D eigenvalue weighted by Gasteiger charge is 2.26. The van der Waals surface area contributed by atoms with E-state index in [1.807, 2.05) is 13.8 Å². The number of aryl methyl sites for hydroxylation is 1. The lowest BCUT2D eigenvalue weighted by Gasteiger charge is -2.31. The number of nitrogens with zero attached hydrogens (tertiary/aromatic N) is 3. The molecule has 134 valence electrons. The fraction of sp³-hybridized carbons (Fsp3) is 0.667. The summed E-state index contributed by atoms with van der Waals surface area (Å²) in [5, 5.41) is 1.28. The Balaban J connectivity index is 0.00000100. The highest BCUT2D eigenvalue weighted by atomic mass is 35.5. The zero-order valence-corrected chi connectivity index (χ0v) is 16.1. The molecule has 0 amide bonds. The van der Waals surface area contributed by atoms with Gasteiger partial charge in [-0.05, 0) is 57.2 Å². The van der Waals surface area contributed by atoms with Gasteiger partial charge in [0.2, 0.25) is 5.28 Å². The quantitative estimate of drug-likeness (QED) is 0.747. The van der Waals surface area contributed by atoms with Crippen molar-refractivity contribution in [3.8, 4) is 0 Å². The topological polar surface area (TPSA) is 49.2 Å². The van der Waals surface area contributed by atoms with E-state index in [0.717, 1.165) is 36.0 Å². The van der Waals surface area contributed by atoms with Crippen LogP contribution in [0.3, 0.4) is 0 Å². The standard InChI is InChI=1S/C16H22ClN3O2.C2H6/c1-11-9-20(14-12(11)8-18-15(17)19-14)16(2,3)10-22-13-6-4-5-7-21-13;1-2/h8-9,13H,4-7,10H2,1-3H3;1-2H3. The van der Waals surface area contributed by atoms with Crippen molar-refractivity contribution in [2.45, 2.75) is 65.7 Å². The van der Waals surface area contributed by atoms with E-state index in [1.54, 1.807) is 6.20 Å². The molecule has 24 heavy (non-hydrogen) atoms. The van der Waals surface area contributed by atoms with Gasteiger partial charge in [-0.2, -0.15) is 4.98 Å². The number of hydrogen-bond acceptors (Lipinski definition) is 4. The van der Waals surface area contributed by atoms with Gasteiger partial charge in [0.15, 0.2) is 6.29 Å². The van der Waals surface area contributed by atoms with E-state index in [9.17, 15) is 0 Å². The first kappa shape index (κ1) is 19.2. The van der Waals surface area contributed by atoms with Crippen LogP contribution in [0, 0.1) is 6.92 Å². The van der Waals surface area contributed by atoms with Crippen molar-refractivity contribution in [1.82, 2.24) is 14.5 Å². The van der Waals surface area contributed by atoms with E-state index in [-0.39, 0.29) is 17.1 Å². The van der Waals surface area contributed by atoms with Crippen molar-refractivity contribution < 1.29 is 9.47 Å². The Kier molecular flexibility index (Phi) is 6.61. The third-order valence-corrected chi connectivity index (χ3v) is 4.31. The molecule has 6 heteroatoms. The molecule has 0 N–H and O–H groups in total. The minimum Gasteiger partial charge on any atom is -0.353 e. The number of aromatic nitrogens is 3. The molecule has 0 aliphatic carbocycles. The van der Waals surface area contributed by atoms with E-state index < -0.39 is 0 Å². The van der Waals surface area contributed by atoms with Crippen LogP contribution >= 0.6 is 11.6 Å². The van der Waals surface area contributed by atoms with Gasteiger partial charge in [0.1, 0.15) is 5.65 Å². The second kappa shape index (κ2) is 8.28. The maximum absolute atomic E-state index is 5.97. The van der Waals surface area contributed by atoms with Crippen molar-refractivity contribution >= 4 is 22.6 Å². The molecule has 1 aliphatic heterocycles. The number of rotatable bonds is 4. The summed E-state index contributed by atoms with van der Waals surface area (Å²) in [7, 11) is 0. The fourth-order valence-electron chi connectivity index (χ4n) is 2.81. The molecule has 3 rings (SSSR count). The molecule has 1 aliphatic rings. The van der Waals surface area contributed by atoms with E-state index in [0.29, 0.717) is 6.61 Å². The lowest BCUT2D eigenvalue weighted by atomic mass is 10.1. The molecular formula is C18H28ClN3O2. The molecule has 0 bridgehead atoms. The molecule has 1 fully saturated rings. The maximum Gasteiger partial charge on any atom is 0.224 e. The van der Waals surface area contributed by atoms with Crippen molar-refractivity contribution in [2.75, 3.05) is 13.2 Å². The predicted molar refractivity (Wildman–Crippen MR) is 97.5 cm³/mol. The molecule has 3 heterocycles. The Labute approximate surface area is 149 Å². The van der Waals surface area contributed by atoms with Crippen LogP contribution < -0.4 is 0 Å². The molecule has 0 saturated carbocycles. The highest BCUT2D eigenvalue weighted by Crippen LogP contribution is 2.27. The lowest BCUT2D eigenvalue weighted by molar-refractivity contribution is -0.174. The Bertz CT molecular complexity index is 664. The summed E-state index contributed by atoms with van der Waals surface area (Å²) >= 11 is 5.96. The van der Waals surface area contributed by atoms with Crippen molar-refractivity contribution in [3.63, 3.8) is 0 Å². The van der Waals surface area contributed by atoms with Crippen LogP contribution in [0.2, 0.25) is 5.28 Å². The van der Waals surface area contributed by atoms with Gasteiger partial charge < -0.3 is 14.0 Å². The third kappa shape index (κ3) is 4.26. The first-order valence-electron chi connectivity index (χ1n) is 8.71. The molecule has 2 aromatic heterocycles. The van der Waals surface area contributed by atoms with Crippen molar-refractivity contribution in [1.29, 1.82) is 0 Å². The summed E-state index contributed by atoms with van der Waals surface area (Å²) in [6.07, 6.45) is 7.03. The van der Waals surface area contributed by atoms with Crippen LogP contribution in [0.1, 0.15) is 52.5 Å². The van der Waals surface area contributed by atoms with Gasteiger partial charge in [-0.15, -0.1) is 0 Å². The molecular weight excluding hydrogens is 326 g/mol. The van der Waals surface area contributed by atoms with Crippen LogP contribution in [0.25, 0.3) is 11.0 Å². The van der Waals surface area contributed by atoms with E-state index in [1.165, 1.54) is 6.42 Å². The van der Waals surface area contributed by atoms with Gasteiger partial charge in [0, 0.05) is 24.4 Å². The Hall–Kier alpha value is -1.17.